The molecule has 1 unspecified atom stereocenters. The smallest absolute Gasteiger partial charge is 0.265 e. The third-order valence-corrected chi connectivity index (χ3v) is 3.00. The lowest BCUT2D eigenvalue weighted by molar-refractivity contribution is -0.122. The zero-order chi connectivity index (χ0) is 14.5. The standard InChI is InChI=1S/C16H16ClNO2/c1-11-5-3-8-15(9-11)20-12(2)16(19)18-14-7-4-6-13(17)10-14/h3-10,12H,1-2H3,(H,18,19). The van der Waals surface area contributed by atoms with E-state index < -0.39 is 6.10 Å². The Morgan fingerprint density at radius 3 is 2.65 bits per heavy atom. The highest BCUT2D eigenvalue weighted by Crippen LogP contribution is 2.17. The van der Waals surface area contributed by atoms with Crippen molar-refractivity contribution >= 4 is 23.2 Å². The van der Waals surface area contributed by atoms with Crippen molar-refractivity contribution in [2.45, 2.75) is 20.0 Å². The van der Waals surface area contributed by atoms with Crippen LogP contribution < -0.4 is 10.1 Å². The van der Waals surface area contributed by atoms with Crippen LogP contribution in [0.5, 0.6) is 5.75 Å². The number of nitrogens with one attached hydrogen (secondary N) is 1. The third-order valence-electron chi connectivity index (χ3n) is 2.76. The molecule has 0 spiro atoms. The molecule has 0 aliphatic rings. The van der Waals surface area contributed by atoms with Crippen LogP contribution in [0.2, 0.25) is 5.02 Å². The number of hydrogen-bond donors (Lipinski definition) is 1. The van der Waals surface area contributed by atoms with E-state index in [0.717, 1.165) is 5.56 Å². The first-order chi connectivity index (χ1) is 9.54. The monoisotopic (exact) mass is 289 g/mol. The van der Waals surface area contributed by atoms with Gasteiger partial charge in [0.2, 0.25) is 0 Å². The molecule has 0 aromatic heterocycles. The zero-order valence-electron chi connectivity index (χ0n) is 11.4. The van der Waals surface area contributed by atoms with Crippen LogP contribution >= 0.6 is 11.6 Å². The second kappa shape index (κ2) is 6.44. The lowest BCUT2D eigenvalue weighted by Gasteiger charge is -2.15. The molecule has 0 aliphatic heterocycles. The molecule has 0 radical (unpaired) electrons. The van der Waals surface area contributed by atoms with E-state index >= 15 is 0 Å². The van der Waals surface area contributed by atoms with Crippen LogP contribution in [0, 0.1) is 6.92 Å². The average Bonchev–Trinajstić information content (AvgIpc) is 2.38. The average molecular weight is 290 g/mol. The second-order valence-electron chi connectivity index (χ2n) is 4.58. The minimum atomic E-state index is -0.587. The van der Waals surface area contributed by atoms with Crippen molar-refractivity contribution in [1.82, 2.24) is 0 Å². The molecule has 0 aliphatic carbocycles. The zero-order valence-corrected chi connectivity index (χ0v) is 12.1. The summed E-state index contributed by atoms with van der Waals surface area (Å²) >= 11 is 5.87. The van der Waals surface area contributed by atoms with E-state index in [-0.39, 0.29) is 5.91 Å². The van der Waals surface area contributed by atoms with E-state index in [1.165, 1.54) is 0 Å². The lowest BCUT2D eigenvalue weighted by atomic mass is 10.2. The molecule has 1 atom stereocenters. The van der Waals surface area contributed by atoms with Crippen LogP contribution in [0.25, 0.3) is 0 Å². The van der Waals surface area contributed by atoms with Gasteiger partial charge in [-0.3, -0.25) is 4.79 Å². The van der Waals surface area contributed by atoms with Crippen molar-refractivity contribution in [3.05, 3.63) is 59.1 Å². The molecule has 2 aromatic carbocycles. The molecule has 4 heteroatoms. The molecule has 1 N–H and O–H groups in total. The molecular formula is C16H16ClNO2. The summed E-state index contributed by atoms with van der Waals surface area (Å²) < 4.78 is 5.61. The Balaban J connectivity index is 1.98. The lowest BCUT2D eigenvalue weighted by Crippen LogP contribution is -2.30. The molecule has 0 fully saturated rings. The van der Waals surface area contributed by atoms with Gasteiger partial charge in [0.05, 0.1) is 0 Å². The van der Waals surface area contributed by atoms with Crippen LogP contribution in [0.3, 0.4) is 0 Å². The Labute approximate surface area is 123 Å². The molecule has 104 valence electrons. The molecule has 3 nitrogen and oxygen atoms in total. The van der Waals surface area contributed by atoms with Crippen LogP contribution in [0.1, 0.15) is 12.5 Å². The number of carbonyl (C=O) groups excluding carboxylic acids is 1. The summed E-state index contributed by atoms with van der Waals surface area (Å²) in [6, 6.07) is 14.6. The van der Waals surface area contributed by atoms with Gasteiger partial charge in [0.1, 0.15) is 5.75 Å². The number of carbonyl (C=O) groups is 1. The first-order valence-corrected chi connectivity index (χ1v) is 6.72. The summed E-state index contributed by atoms with van der Waals surface area (Å²) in [5.41, 5.74) is 1.74. The van der Waals surface area contributed by atoms with E-state index in [1.54, 1.807) is 31.2 Å². The minimum Gasteiger partial charge on any atom is -0.481 e. The second-order valence-corrected chi connectivity index (χ2v) is 5.01. The highest BCUT2D eigenvalue weighted by molar-refractivity contribution is 6.30. The fourth-order valence-corrected chi connectivity index (χ4v) is 1.95. The predicted molar refractivity (Wildman–Crippen MR) is 81.4 cm³/mol. The first-order valence-electron chi connectivity index (χ1n) is 6.34. The van der Waals surface area contributed by atoms with Crippen molar-refractivity contribution in [3.63, 3.8) is 0 Å². The van der Waals surface area contributed by atoms with Gasteiger partial charge in [-0.15, -0.1) is 0 Å². The molecule has 2 rings (SSSR count). The van der Waals surface area contributed by atoms with E-state index in [9.17, 15) is 4.79 Å². The molecular weight excluding hydrogens is 274 g/mol. The Morgan fingerprint density at radius 2 is 1.95 bits per heavy atom. The fraction of sp³-hybridized carbons (Fsp3) is 0.188. The molecule has 0 saturated carbocycles. The Kier molecular flexibility index (Phi) is 4.64. The van der Waals surface area contributed by atoms with Crippen molar-refractivity contribution in [1.29, 1.82) is 0 Å². The van der Waals surface area contributed by atoms with Crippen LogP contribution in [0.4, 0.5) is 5.69 Å². The van der Waals surface area contributed by atoms with Crippen molar-refractivity contribution in [2.24, 2.45) is 0 Å². The van der Waals surface area contributed by atoms with Crippen LogP contribution in [0.15, 0.2) is 48.5 Å². The van der Waals surface area contributed by atoms with Crippen LogP contribution in [-0.4, -0.2) is 12.0 Å². The number of halogens is 1. The molecule has 1 amide bonds. The Hall–Kier alpha value is -2.00. The van der Waals surface area contributed by atoms with Gasteiger partial charge in [0.15, 0.2) is 6.10 Å². The number of aryl methyl sites for hydroxylation is 1. The van der Waals surface area contributed by atoms with E-state index in [0.29, 0.717) is 16.5 Å². The third kappa shape index (κ3) is 4.00. The maximum atomic E-state index is 12.0. The van der Waals surface area contributed by atoms with Gasteiger partial charge >= 0.3 is 0 Å². The summed E-state index contributed by atoms with van der Waals surface area (Å²) in [5, 5.41) is 3.35. The van der Waals surface area contributed by atoms with E-state index in [1.807, 2.05) is 31.2 Å². The minimum absolute atomic E-state index is 0.214. The van der Waals surface area contributed by atoms with Crippen molar-refractivity contribution in [2.75, 3.05) is 5.32 Å². The number of rotatable bonds is 4. The number of anilines is 1. The highest BCUT2D eigenvalue weighted by atomic mass is 35.5. The Bertz CT molecular complexity index is 613. The van der Waals surface area contributed by atoms with Gasteiger partial charge in [-0.2, -0.15) is 0 Å². The number of hydrogen-bond acceptors (Lipinski definition) is 2. The summed E-state index contributed by atoms with van der Waals surface area (Å²) in [6.45, 7) is 3.69. The molecule has 20 heavy (non-hydrogen) atoms. The van der Waals surface area contributed by atoms with E-state index in [4.69, 9.17) is 16.3 Å². The maximum absolute atomic E-state index is 12.0. The van der Waals surface area contributed by atoms with Gasteiger partial charge in [-0.05, 0) is 49.7 Å². The summed E-state index contributed by atoms with van der Waals surface area (Å²) in [5.74, 6) is 0.465. The Morgan fingerprint density at radius 1 is 1.20 bits per heavy atom. The first kappa shape index (κ1) is 14.4. The summed E-state index contributed by atoms with van der Waals surface area (Å²) in [6.07, 6.45) is -0.587. The predicted octanol–water partition coefficient (Wildman–Crippen LogP) is 4.05. The maximum Gasteiger partial charge on any atom is 0.265 e. The SMILES string of the molecule is Cc1cccc(OC(C)C(=O)Nc2cccc(Cl)c2)c1. The van der Waals surface area contributed by atoms with Crippen molar-refractivity contribution in [3.8, 4) is 5.75 Å². The van der Waals surface area contributed by atoms with Crippen LogP contribution in [-0.2, 0) is 4.79 Å². The topological polar surface area (TPSA) is 38.3 Å². The van der Waals surface area contributed by atoms with Gasteiger partial charge in [-0.25, -0.2) is 0 Å². The number of ether oxygens (including phenoxy) is 1. The molecule has 2 aromatic rings. The number of benzene rings is 2. The molecule has 0 saturated heterocycles. The summed E-state index contributed by atoms with van der Waals surface area (Å²) in [7, 11) is 0. The van der Waals surface area contributed by atoms with Gasteiger partial charge in [0, 0.05) is 10.7 Å². The normalized spacial score (nSPS) is 11.8. The molecule has 0 bridgehead atoms. The summed E-state index contributed by atoms with van der Waals surface area (Å²) in [4.78, 5) is 12.0. The van der Waals surface area contributed by atoms with Gasteiger partial charge in [-0.1, -0.05) is 29.8 Å². The highest BCUT2D eigenvalue weighted by Gasteiger charge is 2.14. The van der Waals surface area contributed by atoms with Gasteiger partial charge in [0.25, 0.3) is 5.91 Å². The molecule has 0 heterocycles. The largest absolute Gasteiger partial charge is 0.481 e. The quantitative estimate of drug-likeness (QED) is 0.922. The number of amides is 1. The van der Waals surface area contributed by atoms with Gasteiger partial charge < -0.3 is 10.1 Å². The van der Waals surface area contributed by atoms with E-state index in [2.05, 4.69) is 5.32 Å². The van der Waals surface area contributed by atoms with Crippen molar-refractivity contribution < 1.29 is 9.53 Å². The fourth-order valence-electron chi connectivity index (χ4n) is 1.76.